The molecular formula is C13H23N3. The average Bonchev–Trinajstić information content (AvgIpc) is 2.54. The number of nitrogens with zero attached hydrogens (tertiary/aromatic N) is 2. The second-order valence-corrected chi connectivity index (χ2v) is 5.36. The topological polar surface area (TPSA) is 43.8 Å². The first-order chi connectivity index (χ1) is 7.65. The maximum Gasteiger partial charge on any atom is 0.200 e. The second kappa shape index (κ2) is 4.89. The van der Waals surface area contributed by atoms with Gasteiger partial charge in [0.15, 0.2) is 5.95 Å². The van der Waals surface area contributed by atoms with Crippen LogP contribution in [-0.2, 0) is 6.54 Å². The van der Waals surface area contributed by atoms with Gasteiger partial charge < -0.3 is 10.3 Å². The minimum atomic E-state index is 0.668. The van der Waals surface area contributed by atoms with E-state index in [2.05, 4.69) is 22.7 Å². The molecule has 1 aliphatic rings. The number of hydrogen-bond donors (Lipinski definition) is 1. The van der Waals surface area contributed by atoms with Crippen LogP contribution in [0.5, 0.6) is 0 Å². The quantitative estimate of drug-likeness (QED) is 0.852. The zero-order valence-corrected chi connectivity index (χ0v) is 10.4. The summed E-state index contributed by atoms with van der Waals surface area (Å²) in [5.74, 6) is 2.48. The van der Waals surface area contributed by atoms with Gasteiger partial charge in [0.05, 0.1) is 5.69 Å². The number of rotatable bonds is 3. The minimum absolute atomic E-state index is 0.668. The van der Waals surface area contributed by atoms with Crippen molar-refractivity contribution in [2.24, 2.45) is 11.8 Å². The fraction of sp³-hybridized carbons (Fsp3) is 0.769. The van der Waals surface area contributed by atoms with Gasteiger partial charge in [-0.2, -0.15) is 0 Å². The third-order valence-corrected chi connectivity index (χ3v) is 3.75. The molecule has 0 aliphatic heterocycles. The predicted octanol–water partition coefficient (Wildman–Crippen LogP) is 2.99. The molecule has 1 heterocycles. The van der Waals surface area contributed by atoms with E-state index >= 15 is 0 Å². The largest absolute Gasteiger partial charge is 0.369 e. The van der Waals surface area contributed by atoms with Crippen molar-refractivity contribution in [3.63, 3.8) is 0 Å². The van der Waals surface area contributed by atoms with Gasteiger partial charge in [-0.15, -0.1) is 0 Å². The third-order valence-electron chi connectivity index (χ3n) is 3.75. The summed E-state index contributed by atoms with van der Waals surface area (Å²) in [7, 11) is 0. The van der Waals surface area contributed by atoms with Gasteiger partial charge in [0, 0.05) is 12.7 Å². The Morgan fingerprint density at radius 1 is 1.50 bits per heavy atom. The van der Waals surface area contributed by atoms with Gasteiger partial charge in [-0.05, 0) is 31.6 Å². The van der Waals surface area contributed by atoms with Crippen LogP contribution in [0.3, 0.4) is 0 Å². The summed E-state index contributed by atoms with van der Waals surface area (Å²) in [6.45, 7) is 5.40. The highest BCUT2D eigenvalue weighted by Gasteiger charge is 2.18. The first-order valence-electron chi connectivity index (χ1n) is 6.44. The predicted molar refractivity (Wildman–Crippen MR) is 67.1 cm³/mol. The van der Waals surface area contributed by atoms with Crippen molar-refractivity contribution in [3.05, 3.63) is 11.9 Å². The van der Waals surface area contributed by atoms with Crippen molar-refractivity contribution in [2.75, 3.05) is 5.73 Å². The maximum absolute atomic E-state index is 5.84. The van der Waals surface area contributed by atoms with Crippen LogP contribution in [0.4, 0.5) is 5.95 Å². The van der Waals surface area contributed by atoms with Gasteiger partial charge in [0.25, 0.3) is 0 Å². The summed E-state index contributed by atoms with van der Waals surface area (Å²) in [6, 6.07) is 0. The van der Waals surface area contributed by atoms with Gasteiger partial charge >= 0.3 is 0 Å². The van der Waals surface area contributed by atoms with Crippen LogP contribution < -0.4 is 5.73 Å². The molecule has 2 rings (SSSR count). The molecule has 1 aliphatic carbocycles. The summed E-state index contributed by atoms with van der Waals surface area (Å²) < 4.78 is 2.09. The van der Waals surface area contributed by atoms with Crippen LogP contribution in [0.1, 0.15) is 44.7 Å². The van der Waals surface area contributed by atoms with Crippen molar-refractivity contribution in [3.8, 4) is 0 Å². The van der Waals surface area contributed by atoms with E-state index < -0.39 is 0 Å². The van der Waals surface area contributed by atoms with Gasteiger partial charge in [0.2, 0.25) is 0 Å². The molecule has 90 valence electrons. The smallest absolute Gasteiger partial charge is 0.200 e. The summed E-state index contributed by atoms with van der Waals surface area (Å²) in [5.41, 5.74) is 6.86. The normalized spacial score (nSPS) is 25.9. The summed E-state index contributed by atoms with van der Waals surface area (Å²) in [4.78, 5) is 4.23. The van der Waals surface area contributed by atoms with Gasteiger partial charge in [0.1, 0.15) is 0 Å². The van der Waals surface area contributed by atoms with Crippen molar-refractivity contribution < 1.29 is 0 Å². The minimum Gasteiger partial charge on any atom is -0.369 e. The molecule has 1 aromatic rings. The van der Waals surface area contributed by atoms with E-state index in [9.17, 15) is 0 Å². The van der Waals surface area contributed by atoms with E-state index in [4.69, 9.17) is 5.73 Å². The van der Waals surface area contributed by atoms with Crippen molar-refractivity contribution in [2.45, 2.75) is 52.5 Å². The van der Waals surface area contributed by atoms with E-state index in [1.165, 1.54) is 32.1 Å². The maximum atomic E-state index is 5.84. The summed E-state index contributed by atoms with van der Waals surface area (Å²) >= 11 is 0. The van der Waals surface area contributed by atoms with E-state index in [-0.39, 0.29) is 0 Å². The molecular weight excluding hydrogens is 198 g/mol. The number of nitrogens with two attached hydrogens (primary N) is 1. The van der Waals surface area contributed by atoms with Gasteiger partial charge in [-0.3, -0.25) is 0 Å². The van der Waals surface area contributed by atoms with Gasteiger partial charge in [-0.25, -0.2) is 4.98 Å². The Bertz CT molecular complexity index is 343. The van der Waals surface area contributed by atoms with E-state index in [1.807, 2.05) is 6.92 Å². The molecule has 1 saturated carbocycles. The number of aryl methyl sites for hydroxylation is 2. The van der Waals surface area contributed by atoms with E-state index in [0.29, 0.717) is 5.95 Å². The van der Waals surface area contributed by atoms with Crippen LogP contribution in [0, 0.1) is 18.8 Å². The van der Waals surface area contributed by atoms with Crippen molar-refractivity contribution >= 4 is 5.95 Å². The monoisotopic (exact) mass is 221 g/mol. The lowest BCUT2D eigenvalue weighted by molar-refractivity contribution is 0.261. The number of aromatic nitrogens is 2. The van der Waals surface area contributed by atoms with Crippen molar-refractivity contribution in [1.82, 2.24) is 9.55 Å². The number of nitrogen functional groups attached to an aromatic ring is 1. The molecule has 2 atom stereocenters. The van der Waals surface area contributed by atoms with Gasteiger partial charge in [-0.1, -0.05) is 26.2 Å². The molecule has 3 nitrogen and oxygen atoms in total. The third kappa shape index (κ3) is 2.77. The summed E-state index contributed by atoms with van der Waals surface area (Å²) in [5, 5.41) is 0. The lowest BCUT2D eigenvalue weighted by atomic mass is 9.81. The zero-order chi connectivity index (χ0) is 11.5. The molecule has 0 spiro atoms. The molecule has 1 aromatic heterocycles. The van der Waals surface area contributed by atoms with Crippen LogP contribution in [-0.4, -0.2) is 9.55 Å². The summed E-state index contributed by atoms with van der Waals surface area (Å²) in [6.07, 6.45) is 8.94. The molecule has 0 radical (unpaired) electrons. The average molecular weight is 221 g/mol. The highest BCUT2D eigenvalue weighted by atomic mass is 15.1. The lowest BCUT2D eigenvalue weighted by Crippen LogP contribution is -2.15. The SMILES string of the molecule is Cc1cn(CCC2CCCC(C)C2)c(N)n1. The standard InChI is InChI=1S/C13H23N3/c1-10-4-3-5-12(8-10)6-7-16-9-11(2)15-13(16)14/h9-10,12H,3-8H2,1-2H3,(H2,14,15). The van der Waals surface area contributed by atoms with E-state index in [0.717, 1.165) is 24.1 Å². The highest BCUT2D eigenvalue weighted by Crippen LogP contribution is 2.31. The first kappa shape index (κ1) is 11.5. The number of imidazole rings is 1. The first-order valence-corrected chi connectivity index (χ1v) is 6.44. The Morgan fingerprint density at radius 3 is 2.94 bits per heavy atom. The lowest BCUT2D eigenvalue weighted by Gasteiger charge is -2.26. The highest BCUT2D eigenvalue weighted by molar-refractivity contribution is 5.20. The Kier molecular flexibility index (Phi) is 3.52. The van der Waals surface area contributed by atoms with E-state index in [1.54, 1.807) is 0 Å². The molecule has 2 N–H and O–H groups in total. The van der Waals surface area contributed by atoms with Crippen LogP contribution in [0.2, 0.25) is 0 Å². The Balaban J connectivity index is 1.85. The Morgan fingerprint density at radius 2 is 2.31 bits per heavy atom. The van der Waals surface area contributed by atoms with Crippen LogP contribution in [0.15, 0.2) is 6.20 Å². The van der Waals surface area contributed by atoms with Crippen LogP contribution >= 0.6 is 0 Å². The molecule has 0 amide bonds. The molecule has 0 saturated heterocycles. The second-order valence-electron chi connectivity index (χ2n) is 5.36. The van der Waals surface area contributed by atoms with Crippen LogP contribution in [0.25, 0.3) is 0 Å². The Hall–Kier alpha value is -0.990. The zero-order valence-electron chi connectivity index (χ0n) is 10.4. The number of hydrogen-bond acceptors (Lipinski definition) is 2. The molecule has 2 unspecified atom stereocenters. The molecule has 3 heteroatoms. The molecule has 0 aromatic carbocycles. The fourth-order valence-corrected chi connectivity index (χ4v) is 2.89. The Labute approximate surface area is 98.1 Å². The fourth-order valence-electron chi connectivity index (χ4n) is 2.89. The molecule has 1 fully saturated rings. The van der Waals surface area contributed by atoms with Crippen molar-refractivity contribution in [1.29, 1.82) is 0 Å². The number of anilines is 1. The molecule has 16 heavy (non-hydrogen) atoms. The molecule has 0 bridgehead atoms.